The van der Waals surface area contributed by atoms with Crippen LogP contribution in [0.25, 0.3) is 33.7 Å². The number of benzene rings is 2. The summed E-state index contributed by atoms with van der Waals surface area (Å²) in [5.41, 5.74) is 6.31. The number of carboxylic acid groups (broad SMARTS) is 1. The highest BCUT2D eigenvalue weighted by Gasteiger charge is 2.41. The molecule has 3 heterocycles. The first-order valence-electron chi connectivity index (χ1n) is 12.8. The second-order valence-corrected chi connectivity index (χ2v) is 10.3. The highest BCUT2D eigenvalue weighted by Crippen LogP contribution is 2.39. The van der Waals surface area contributed by atoms with Crippen LogP contribution in [0.5, 0.6) is 0 Å². The van der Waals surface area contributed by atoms with Crippen LogP contribution in [0.4, 0.5) is 0 Å². The number of rotatable bonds is 6. The van der Waals surface area contributed by atoms with Crippen molar-refractivity contribution in [3.8, 4) is 22.8 Å². The minimum atomic E-state index is -0.718. The van der Waals surface area contributed by atoms with E-state index < -0.39 is 5.97 Å². The van der Waals surface area contributed by atoms with E-state index in [1.165, 1.54) is 5.52 Å². The molecule has 7 nitrogen and oxygen atoms in total. The summed E-state index contributed by atoms with van der Waals surface area (Å²) in [4.78, 5) is 18.7. The van der Waals surface area contributed by atoms with Crippen LogP contribution in [-0.2, 0) is 11.3 Å². The predicted octanol–water partition coefficient (Wildman–Crippen LogP) is 6.22. The van der Waals surface area contributed by atoms with E-state index in [4.69, 9.17) is 9.51 Å². The van der Waals surface area contributed by atoms with Crippen molar-refractivity contribution in [2.75, 3.05) is 6.54 Å². The lowest BCUT2D eigenvalue weighted by Crippen LogP contribution is -2.23. The van der Waals surface area contributed by atoms with E-state index in [9.17, 15) is 9.90 Å². The van der Waals surface area contributed by atoms with Crippen molar-refractivity contribution in [1.82, 2.24) is 19.6 Å². The minimum Gasteiger partial charge on any atom is -0.481 e. The molecule has 188 valence electrons. The molecule has 0 spiro atoms. The lowest BCUT2D eigenvalue weighted by molar-refractivity contribution is -0.142. The normalized spacial score (nSPS) is 19.0. The highest BCUT2D eigenvalue weighted by atomic mass is 16.5. The molecular formula is C30H30N4O3. The molecule has 1 N–H and O–H groups in total. The van der Waals surface area contributed by atoms with Crippen molar-refractivity contribution >= 4 is 16.9 Å². The average molecular weight is 495 g/mol. The molecule has 1 fully saturated rings. The molecule has 2 aromatic heterocycles. The van der Waals surface area contributed by atoms with Gasteiger partial charge in [-0.25, -0.2) is 0 Å². The van der Waals surface area contributed by atoms with Crippen LogP contribution in [0.1, 0.15) is 37.4 Å². The number of hydrogen-bond acceptors (Lipinski definition) is 5. The van der Waals surface area contributed by atoms with Gasteiger partial charge in [-0.1, -0.05) is 35.5 Å². The minimum absolute atomic E-state index is 0.0591. The number of hydrogen-bond donors (Lipinski definition) is 1. The maximum Gasteiger partial charge on any atom is 0.308 e. The molecular weight excluding hydrogens is 464 g/mol. The Morgan fingerprint density at radius 3 is 2.84 bits per heavy atom. The summed E-state index contributed by atoms with van der Waals surface area (Å²) in [6.07, 6.45) is 9.05. The summed E-state index contributed by atoms with van der Waals surface area (Å²) in [7, 11) is 0. The van der Waals surface area contributed by atoms with E-state index in [2.05, 4.69) is 77.2 Å². The zero-order valence-corrected chi connectivity index (χ0v) is 21.3. The number of carboxylic acids is 1. The van der Waals surface area contributed by atoms with Crippen molar-refractivity contribution in [1.29, 1.82) is 0 Å². The van der Waals surface area contributed by atoms with Gasteiger partial charge in [0.05, 0.1) is 5.92 Å². The van der Waals surface area contributed by atoms with Crippen molar-refractivity contribution < 1.29 is 14.4 Å². The molecule has 37 heavy (non-hydrogen) atoms. The molecule has 0 bridgehead atoms. The van der Waals surface area contributed by atoms with Gasteiger partial charge in [-0.05, 0) is 68.7 Å². The molecule has 2 atom stereocenters. The second-order valence-electron chi connectivity index (χ2n) is 10.3. The van der Waals surface area contributed by atoms with Crippen LogP contribution in [0.2, 0.25) is 0 Å². The molecule has 6 rings (SSSR count). The molecule has 0 saturated carbocycles. The Kier molecular flexibility index (Phi) is 5.71. The third kappa shape index (κ3) is 4.14. The number of aryl methyl sites for hydroxylation is 1. The lowest BCUT2D eigenvalue weighted by Gasteiger charge is -2.23. The second kappa shape index (κ2) is 9.07. The Balaban J connectivity index is 1.23. The van der Waals surface area contributed by atoms with Crippen LogP contribution >= 0.6 is 0 Å². The number of aliphatic carboxylic acids is 1. The van der Waals surface area contributed by atoms with Crippen LogP contribution in [-0.4, -0.2) is 37.2 Å². The SMILES string of the molecule is Cc1cc(CN2CC(C(=O)O)C3CC=CC=C32)ccc1-c1noc(-c2ccc3c(ccn3C(C)C)c2)n1. The van der Waals surface area contributed by atoms with Gasteiger partial charge in [0.1, 0.15) is 0 Å². The fourth-order valence-electron chi connectivity index (χ4n) is 5.72. The van der Waals surface area contributed by atoms with Gasteiger partial charge >= 0.3 is 5.97 Å². The maximum atomic E-state index is 11.8. The van der Waals surface area contributed by atoms with Gasteiger partial charge in [-0.3, -0.25) is 4.79 Å². The van der Waals surface area contributed by atoms with Crippen LogP contribution in [0, 0.1) is 18.8 Å². The zero-order valence-electron chi connectivity index (χ0n) is 21.3. The zero-order chi connectivity index (χ0) is 25.7. The van der Waals surface area contributed by atoms with Crippen LogP contribution in [0.3, 0.4) is 0 Å². The van der Waals surface area contributed by atoms with Gasteiger partial charge in [0, 0.05) is 59.0 Å². The van der Waals surface area contributed by atoms with Crippen molar-refractivity contribution in [2.24, 2.45) is 11.8 Å². The van der Waals surface area contributed by atoms with Gasteiger partial charge < -0.3 is 19.1 Å². The van der Waals surface area contributed by atoms with Crippen LogP contribution < -0.4 is 0 Å². The molecule has 2 aliphatic rings. The molecule has 1 aliphatic heterocycles. The highest BCUT2D eigenvalue weighted by molar-refractivity contribution is 5.84. The van der Waals surface area contributed by atoms with Gasteiger partial charge in [0.15, 0.2) is 0 Å². The monoisotopic (exact) mass is 494 g/mol. The van der Waals surface area contributed by atoms with Gasteiger partial charge in [0.25, 0.3) is 5.89 Å². The molecule has 4 aromatic rings. The topological polar surface area (TPSA) is 84.4 Å². The third-order valence-corrected chi connectivity index (χ3v) is 7.61. The first-order chi connectivity index (χ1) is 17.9. The van der Waals surface area contributed by atoms with E-state index in [1.54, 1.807) is 0 Å². The quantitative estimate of drug-likeness (QED) is 0.342. The maximum absolute atomic E-state index is 11.8. The Labute approximate surface area is 215 Å². The Morgan fingerprint density at radius 2 is 2.05 bits per heavy atom. The third-order valence-electron chi connectivity index (χ3n) is 7.61. The summed E-state index contributed by atoms with van der Waals surface area (Å²) in [5.74, 6) is 0.0371. The van der Waals surface area contributed by atoms with Crippen molar-refractivity contribution in [3.63, 3.8) is 0 Å². The van der Waals surface area contributed by atoms with E-state index in [1.807, 2.05) is 25.1 Å². The number of carbonyl (C=O) groups is 1. The fourth-order valence-corrected chi connectivity index (χ4v) is 5.72. The summed E-state index contributed by atoms with van der Waals surface area (Å²) in [6.45, 7) is 7.60. The molecule has 0 radical (unpaired) electrons. The van der Waals surface area contributed by atoms with Crippen molar-refractivity contribution in [3.05, 3.63) is 83.7 Å². The van der Waals surface area contributed by atoms with Gasteiger partial charge in [-0.2, -0.15) is 4.98 Å². The lowest BCUT2D eigenvalue weighted by atomic mass is 9.88. The number of likely N-dealkylation sites (tertiary alicyclic amines) is 1. The number of nitrogens with zero attached hydrogens (tertiary/aromatic N) is 4. The van der Waals surface area contributed by atoms with Crippen LogP contribution in [0.15, 0.2) is 77.1 Å². The standard InChI is InChI=1S/C30H30N4O3/c1-18(2)34-13-12-21-15-22(9-11-26(21)34)29-31-28(32-37-29)23-10-8-20(14-19(23)3)16-33-17-25(30(35)36)24-6-4-5-7-27(24)33/h4-5,7-15,18,24-25H,6,16-17H2,1-3H3,(H,35,36). The smallest absolute Gasteiger partial charge is 0.308 e. The fraction of sp³-hybridized carbons (Fsp3) is 0.300. The summed E-state index contributed by atoms with van der Waals surface area (Å²) < 4.78 is 7.89. The van der Waals surface area contributed by atoms with Gasteiger partial charge in [-0.15, -0.1) is 0 Å². The number of allylic oxidation sites excluding steroid dienone is 4. The van der Waals surface area contributed by atoms with E-state index in [-0.39, 0.29) is 11.8 Å². The number of aromatic nitrogens is 3. The Morgan fingerprint density at radius 1 is 1.19 bits per heavy atom. The Hall–Kier alpha value is -4.13. The van der Waals surface area contributed by atoms with Crippen molar-refractivity contribution in [2.45, 2.75) is 39.8 Å². The largest absolute Gasteiger partial charge is 0.481 e. The molecule has 0 amide bonds. The molecule has 2 unspecified atom stereocenters. The summed E-state index contributed by atoms with van der Waals surface area (Å²) >= 11 is 0. The van der Waals surface area contributed by atoms with E-state index in [0.29, 0.717) is 30.8 Å². The molecule has 1 aliphatic carbocycles. The van der Waals surface area contributed by atoms with E-state index >= 15 is 0 Å². The summed E-state index contributed by atoms with van der Waals surface area (Å²) in [6, 6.07) is 15.0. The number of fused-ring (bicyclic) bond motifs is 2. The molecule has 1 saturated heterocycles. The Bertz CT molecular complexity index is 1560. The average Bonchev–Trinajstić information content (AvgIpc) is 3.61. The molecule has 7 heteroatoms. The summed E-state index contributed by atoms with van der Waals surface area (Å²) in [5, 5.41) is 15.1. The molecule has 2 aromatic carbocycles. The predicted molar refractivity (Wildman–Crippen MR) is 143 cm³/mol. The first-order valence-corrected chi connectivity index (χ1v) is 12.8. The van der Waals surface area contributed by atoms with Gasteiger partial charge in [0.2, 0.25) is 5.82 Å². The first kappa shape index (κ1) is 23.3. The van der Waals surface area contributed by atoms with E-state index in [0.717, 1.165) is 39.8 Å².